The molecule has 1 heterocycles. The quantitative estimate of drug-likeness (QED) is 0.591. The Labute approximate surface area is 125 Å². The normalized spacial score (nSPS) is 19.0. The second-order valence-corrected chi connectivity index (χ2v) is 5.84. The highest BCUT2D eigenvalue weighted by Crippen LogP contribution is 2.28. The number of nitrogens with one attached hydrogen (secondary N) is 1. The van der Waals surface area contributed by atoms with Gasteiger partial charge in [-0.05, 0) is 60.4 Å². The number of pyridine rings is 1. The standard InChI is InChI=1S/C17H22N4/c18-17-10-12(7-8-20-17)9-16(21-19)15-6-5-13-3-1-2-4-14(13)11-15/h1-4,7-8,10,15-16,21H,5-6,9,11,19H2,(H2,18,20). The number of benzene rings is 1. The summed E-state index contributed by atoms with van der Waals surface area (Å²) in [6.07, 6.45) is 6.04. The topological polar surface area (TPSA) is 77.0 Å². The predicted octanol–water partition coefficient (Wildman–Crippen LogP) is 1.84. The van der Waals surface area contributed by atoms with Crippen LogP contribution in [0.15, 0.2) is 42.6 Å². The smallest absolute Gasteiger partial charge is 0.123 e. The zero-order chi connectivity index (χ0) is 14.7. The van der Waals surface area contributed by atoms with E-state index in [4.69, 9.17) is 11.6 Å². The van der Waals surface area contributed by atoms with Crippen molar-refractivity contribution in [3.05, 3.63) is 59.3 Å². The fourth-order valence-electron chi connectivity index (χ4n) is 3.31. The largest absolute Gasteiger partial charge is 0.384 e. The van der Waals surface area contributed by atoms with Crippen LogP contribution in [0, 0.1) is 5.92 Å². The van der Waals surface area contributed by atoms with Crippen molar-refractivity contribution < 1.29 is 0 Å². The number of nitrogens with two attached hydrogens (primary N) is 2. The first-order valence-corrected chi connectivity index (χ1v) is 7.49. The Morgan fingerprint density at radius 2 is 2.05 bits per heavy atom. The Bertz CT molecular complexity index is 611. The maximum atomic E-state index is 5.81. The molecule has 0 bridgehead atoms. The monoisotopic (exact) mass is 282 g/mol. The maximum Gasteiger partial charge on any atom is 0.123 e. The Hall–Kier alpha value is -1.91. The first-order chi connectivity index (χ1) is 10.3. The number of aromatic nitrogens is 1. The highest BCUT2D eigenvalue weighted by atomic mass is 15.2. The summed E-state index contributed by atoms with van der Waals surface area (Å²) >= 11 is 0. The van der Waals surface area contributed by atoms with Gasteiger partial charge in [0.15, 0.2) is 0 Å². The average Bonchev–Trinajstić information content (AvgIpc) is 2.52. The van der Waals surface area contributed by atoms with Crippen molar-refractivity contribution in [1.29, 1.82) is 0 Å². The molecule has 0 radical (unpaired) electrons. The Morgan fingerprint density at radius 3 is 2.81 bits per heavy atom. The van der Waals surface area contributed by atoms with Crippen LogP contribution in [-0.4, -0.2) is 11.0 Å². The molecule has 2 aromatic rings. The first kappa shape index (κ1) is 14.0. The van der Waals surface area contributed by atoms with Gasteiger partial charge in [0.05, 0.1) is 0 Å². The van der Waals surface area contributed by atoms with Crippen LogP contribution in [0.3, 0.4) is 0 Å². The number of hydrogen-bond donors (Lipinski definition) is 3. The second kappa shape index (κ2) is 6.24. The molecule has 0 fully saturated rings. The number of aryl methyl sites for hydroxylation is 1. The van der Waals surface area contributed by atoms with E-state index in [0.717, 1.165) is 19.3 Å². The van der Waals surface area contributed by atoms with Crippen LogP contribution in [0.5, 0.6) is 0 Å². The molecule has 0 amide bonds. The van der Waals surface area contributed by atoms with E-state index in [1.165, 1.54) is 23.1 Å². The number of rotatable bonds is 4. The number of anilines is 1. The summed E-state index contributed by atoms with van der Waals surface area (Å²) in [6, 6.07) is 12.9. The number of hydrazine groups is 1. The molecule has 0 spiro atoms. The zero-order valence-corrected chi connectivity index (χ0v) is 12.1. The molecule has 1 aromatic carbocycles. The van der Waals surface area contributed by atoms with E-state index in [1.54, 1.807) is 6.20 Å². The number of fused-ring (bicyclic) bond motifs is 1. The minimum atomic E-state index is 0.264. The third-order valence-electron chi connectivity index (χ3n) is 4.47. The highest BCUT2D eigenvalue weighted by molar-refractivity contribution is 5.33. The molecule has 1 aliphatic carbocycles. The summed E-state index contributed by atoms with van der Waals surface area (Å²) in [5.74, 6) is 6.93. The zero-order valence-electron chi connectivity index (χ0n) is 12.1. The van der Waals surface area contributed by atoms with Gasteiger partial charge in [0.25, 0.3) is 0 Å². The fourth-order valence-corrected chi connectivity index (χ4v) is 3.31. The van der Waals surface area contributed by atoms with Crippen molar-refractivity contribution in [2.45, 2.75) is 31.7 Å². The third kappa shape index (κ3) is 3.23. The predicted molar refractivity (Wildman–Crippen MR) is 85.4 cm³/mol. The number of nitrogens with zero attached hydrogens (tertiary/aromatic N) is 1. The Morgan fingerprint density at radius 1 is 1.24 bits per heavy atom. The first-order valence-electron chi connectivity index (χ1n) is 7.49. The van der Waals surface area contributed by atoms with E-state index in [1.807, 2.05) is 12.1 Å². The fraction of sp³-hybridized carbons (Fsp3) is 0.353. The summed E-state index contributed by atoms with van der Waals surface area (Å²) in [5.41, 5.74) is 12.9. The molecule has 0 aliphatic heterocycles. The molecule has 21 heavy (non-hydrogen) atoms. The van der Waals surface area contributed by atoms with Gasteiger partial charge in [-0.1, -0.05) is 24.3 Å². The molecule has 3 rings (SSSR count). The van der Waals surface area contributed by atoms with Crippen LogP contribution in [-0.2, 0) is 19.3 Å². The van der Waals surface area contributed by atoms with Gasteiger partial charge in [-0.25, -0.2) is 4.98 Å². The number of nitrogen functional groups attached to an aromatic ring is 1. The van der Waals surface area contributed by atoms with Gasteiger partial charge < -0.3 is 5.73 Å². The molecule has 1 aromatic heterocycles. The molecule has 0 saturated carbocycles. The van der Waals surface area contributed by atoms with Gasteiger partial charge >= 0.3 is 0 Å². The van der Waals surface area contributed by atoms with Crippen molar-refractivity contribution in [3.63, 3.8) is 0 Å². The molecule has 1 aliphatic rings. The van der Waals surface area contributed by atoms with Gasteiger partial charge in [-0.2, -0.15) is 0 Å². The summed E-state index contributed by atoms with van der Waals surface area (Å²) in [6.45, 7) is 0. The molecule has 2 atom stereocenters. The van der Waals surface area contributed by atoms with E-state index in [2.05, 4.69) is 34.7 Å². The van der Waals surface area contributed by atoms with Crippen LogP contribution >= 0.6 is 0 Å². The highest BCUT2D eigenvalue weighted by Gasteiger charge is 2.25. The minimum Gasteiger partial charge on any atom is -0.384 e. The second-order valence-electron chi connectivity index (χ2n) is 5.84. The molecule has 2 unspecified atom stereocenters. The molecular formula is C17H22N4. The Balaban J connectivity index is 1.73. The lowest BCUT2D eigenvalue weighted by Gasteiger charge is -2.31. The van der Waals surface area contributed by atoms with Gasteiger partial charge in [-0.3, -0.25) is 11.3 Å². The van der Waals surface area contributed by atoms with Crippen LogP contribution < -0.4 is 17.0 Å². The van der Waals surface area contributed by atoms with E-state index in [-0.39, 0.29) is 6.04 Å². The Kier molecular flexibility index (Phi) is 4.18. The van der Waals surface area contributed by atoms with Gasteiger partial charge in [0, 0.05) is 12.2 Å². The number of hydrogen-bond acceptors (Lipinski definition) is 4. The van der Waals surface area contributed by atoms with Crippen molar-refractivity contribution in [3.8, 4) is 0 Å². The van der Waals surface area contributed by atoms with E-state index >= 15 is 0 Å². The molecule has 5 N–H and O–H groups in total. The molecular weight excluding hydrogens is 260 g/mol. The molecule has 0 saturated heterocycles. The van der Waals surface area contributed by atoms with Crippen LogP contribution in [0.4, 0.5) is 5.82 Å². The average molecular weight is 282 g/mol. The van der Waals surface area contributed by atoms with Gasteiger partial charge in [-0.15, -0.1) is 0 Å². The summed E-state index contributed by atoms with van der Waals surface area (Å²) in [7, 11) is 0. The lowest BCUT2D eigenvalue weighted by molar-refractivity contribution is 0.321. The molecule has 4 heteroatoms. The van der Waals surface area contributed by atoms with Gasteiger partial charge in [0.2, 0.25) is 0 Å². The summed E-state index contributed by atoms with van der Waals surface area (Å²) < 4.78 is 0. The third-order valence-corrected chi connectivity index (χ3v) is 4.47. The lowest BCUT2D eigenvalue weighted by Crippen LogP contribution is -2.44. The minimum absolute atomic E-state index is 0.264. The van der Waals surface area contributed by atoms with E-state index in [9.17, 15) is 0 Å². The van der Waals surface area contributed by atoms with Crippen LogP contribution in [0.2, 0.25) is 0 Å². The van der Waals surface area contributed by atoms with Crippen molar-refractivity contribution in [2.24, 2.45) is 11.8 Å². The van der Waals surface area contributed by atoms with E-state index < -0.39 is 0 Å². The van der Waals surface area contributed by atoms with Crippen LogP contribution in [0.1, 0.15) is 23.1 Å². The van der Waals surface area contributed by atoms with E-state index in [0.29, 0.717) is 11.7 Å². The van der Waals surface area contributed by atoms with Crippen molar-refractivity contribution >= 4 is 5.82 Å². The summed E-state index contributed by atoms with van der Waals surface area (Å²) in [5, 5.41) is 0. The molecule has 110 valence electrons. The maximum absolute atomic E-state index is 5.81. The SMILES string of the molecule is NNC(Cc1ccnc(N)c1)C1CCc2ccccc2C1. The summed E-state index contributed by atoms with van der Waals surface area (Å²) in [4.78, 5) is 4.04. The van der Waals surface area contributed by atoms with Crippen molar-refractivity contribution in [1.82, 2.24) is 10.4 Å². The van der Waals surface area contributed by atoms with Crippen molar-refractivity contribution in [2.75, 3.05) is 5.73 Å². The van der Waals surface area contributed by atoms with Crippen LogP contribution in [0.25, 0.3) is 0 Å². The molecule has 4 nitrogen and oxygen atoms in total. The lowest BCUT2D eigenvalue weighted by atomic mass is 9.78. The van der Waals surface area contributed by atoms with Gasteiger partial charge in [0.1, 0.15) is 5.82 Å².